The van der Waals surface area contributed by atoms with Gasteiger partial charge in [0.25, 0.3) is 0 Å². The summed E-state index contributed by atoms with van der Waals surface area (Å²) in [5, 5.41) is 0.244. The monoisotopic (exact) mass is 390 g/mol. The molecule has 0 saturated carbocycles. The number of hydrogen-bond donors (Lipinski definition) is 2. The minimum Gasteiger partial charge on any atom is -0.456 e. The van der Waals surface area contributed by atoms with Crippen LogP contribution < -0.4 is 21.6 Å². The van der Waals surface area contributed by atoms with Crippen molar-refractivity contribution in [3.63, 3.8) is 0 Å². The van der Waals surface area contributed by atoms with Gasteiger partial charge in [-0.3, -0.25) is 4.79 Å². The summed E-state index contributed by atoms with van der Waals surface area (Å²) in [6, 6.07) is 15.8. The molecule has 0 fully saturated rings. The van der Waals surface area contributed by atoms with E-state index in [2.05, 4.69) is 0 Å². The molecule has 0 saturated heterocycles. The summed E-state index contributed by atoms with van der Waals surface area (Å²) >= 11 is 0. The summed E-state index contributed by atoms with van der Waals surface area (Å²) in [6.07, 6.45) is 0. The van der Waals surface area contributed by atoms with Gasteiger partial charge in [-0.05, 0) is 60.7 Å². The van der Waals surface area contributed by atoms with Crippen LogP contribution in [-0.2, 0) is 0 Å². The quantitative estimate of drug-likeness (QED) is 0.311. The Morgan fingerprint density at radius 2 is 1.59 bits per heavy atom. The molecule has 4 aromatic rings. The number of ether oxygens (including phenoxy) is 1. The van der Waals surface area contributed by atoms with Crippen LogP contribution >= 0.6 is 0 Å². The average Bonchev–Trinajstić information content (AvgIpc) is 2.68. The molecule has 0 spiro atoms. The number of carbonyl (C=O) groups is 1. The summed E-state index contributed by atoms with van der Waals surface area (Å²) in [5.41, 5.74) is 12.8. The van der Waals surface area contributed by atoms with Gasteiger partial charge in [0.15, 0.2) is 5.43 Å². The number of nitrogens with two attached hydrogens (primary N) is 2. The molecule has 1 aromatic heterocycles. The van der Waals surface area contributed by atoms with E-state index in [0.717, 1.165) is 0 Å². The lowest BCUT2D eigenvalue weighted by atomic mass is 10.1. The van der Waals surface area contributed by atoms with E-state index in [4.69, 9.17) is 20.6 Å². The Bertz CT molecular complexity index is 1280. The second-order valence-corrected chi connectivity index (χ2v) is 6.42. The van der Waals surface area contributed by atoms with E-state index < -0.39 is 5.97 Å². The number of hydrogen-bond acceptors (Lipinski definition) is 6. The molecule has 0 amide bonds. The normalized spacial score (nSPS) is 10.8. The van der Waals surface area contributed by atoms with Crippen molar-refractivity contribution < 1.29 is 18.3 Å². The highest BCUT2D eigenvalue weighted by atomic mass is 19.1. The first-order valence-electron chi connectivity index (χ1n) is 8.61. The van der Waals surface area contributed by atoms with Crippen LogP contribution in [0.3, 0.4) is 0 Å². The zero-order chi connectivity index (χ0) is 20.5. The molecular weight excluding hydrogens is 375 g/mol. The highest BCUT2D eigenvalue weighted by Crippen LogP contribution is 2.25. The van der Waals surface area contributed by atoms with Crippen LogP contribution in [0.2, 0.25) is 0 Å². The molecule has 1 heterocycles. The minimum atomic E-state index is -0.657. The van der Waals surface area contributed by atoms with E-state index in [1.165, 1.54) is 66.7 Å². The smallest absolute Gasteiger partial charge is 0.343 e. The Labute approximate surface area is 164 Å². The summed E-state index contributed by atoms with van der Waals surface area (Å²) in [7, 11) is 0. The Kier molecular flexibility index (Phi) is 4.48. The summed E-state index contributed by atoms with van der Waals surface area (Å²) < 4.78 is 24.2. The molecule has 0 bridgehead atoms. The van der Waals surface area contributed by atoms with E-state index in [1.54, 1.807) is 0 Å². The molecule has 0 aliphatic carbocycles. The highest BCUT2D eigenvalue weighted by Gasteiger charge is 2.13. The van der Waals surface area contributed by atoms with Gasteiger partial charge in [-0.1, -0.05) is 0 Å². The third kappa shape index (κ3) is 3.79. The molecule has 0 aliphatic heterocycles. The van der Waals surface area contributed by atoms with Crippen LogP contribution in [-0.4, -0.2) is 5.97 Å². The molecule has 0 atom stereocenters. The predicted octanol–water partition coefficient (Wildman–Crippen LogP) is 3.98. The molecule has 0 radical (unpaired) electrons. The fourth-order valence-corrected chi connectivity index (χ4v) is 2.92. The van der Waals surface area contributed by atoms with E-state index >= 15 is 0 Å². The van der Waals surface area contributed by atoms with Gasteiger partial charge in [0.1, 0.15) is 22.9 Å². The molecule has 4 N–H and O–H groups in total. The maximum absolute atomic E-state index is 13.1. The van der Waals surface area contributed by atoms with Gasteiger partial charge in [0.2, 0.25) is 0 Å². The van der Waals surface area contributed by atoms with Crippen LogP contribution in [0.1, 0.15) is 10.4 Å². The Morgan fingerprint density at radius 1 is 0.897 bits per heavy atom. The molecule has 144 valence electrons. The van der Waals surface area contributed by atoms with Crippen LogP contribution in [0, 0.1) is 5.82 Å². The summed E-state index contributed by atoms with van der Waals surface area (Å²) in [5.74, 6) is -0.561. The van der Waals surface area contributed by atoms with Crippen molar-refractivity contribution in [3.05, 3.63) is 88.3 Å². The standard InChI is InChI=1S/C22H15FN2O4/c23-14-3-1-12(2-4-14)21-11-19(26)18-10-17(5-6-20(18)29-21)28-22(27)13-7-15(24)9-16(25)8-13/h1-11H,24-25H2. The first kappa shape index (κ1) is 18.2. The van der Waals surface area contributed by atoms with Crippen LogP contribution in [0.25, 0.3) is 22.3 Å². The van der Waals surface area contributed by atoms with E-state index in [9.17, 15) is 14.0 Å². The highest BCUT2D eigenvalue weighted by molar-refractivity contribution is 5.93. The Balaban J connectivity index is 1.66. The van der Waals surface area contributed by atoms with E-state index in [1.807, 2.05) is 0 Å². The topological polar surface area (TPSA) is 109 Å². The van der Waals surface area contributed by atoms with Crippen LogP contribution in [0.5, 0.6) is 5.75 Å². The van der Waals surface area contributed by atoms with Gasteiger partial charge in [-0.2, -0.15) is 0 Å². The summed E-state index contributed by atoms with van der Waals surface area (Å²) in [4.78, 5) is 24.9. The van der Waals surface area contributed by atoms with Crippen molar-refractivity contribution in [2.24, 2.45) is 0 Å². The number of fused-ring (bicyclic) bond motifs is 1. The zero-order valence-corrected chi connectivity index (χ0v) is 15.0. The largest absolute Gasteiger partial charge is 0.456 e. The van der Waals surface area contributed by atoms with Crippen molar-refractivity contribution in [3.8, 4) is 17.1 Å². The molecule has 6 nitrogen and oxygen atoms in total. The van der Waals surface area contributed by atoms with Gasteiger partial charge >= 0.3 is 5.97 Å². The fourth-order valence-electron chi connectivity index (χ4n) is 2.92. The maximum atomic E-state index is 13.1. The van der Waals surface area contributed by atoms with Crippen LogP contribution in [0.4, 0.5) is 15.8 Å². The van der Waals surface area contributed by atoms with Crippen molar-refractivity contribution in [1.82, 2.24) is 0 Å². The molecule has 4 rings (SSSR count). The number of halogens is 1. The first-order chi connectivity index (χ1) is 13.9. The maximum Gasteiger partial charge on any atom is 0.343 e. The SMILES string of the molecule is Nc1cc(N)cc(C(=O)Oc2ccc3oc(-c4ccc(F)cc4)cc(=O)c3c2)c1. The predicted molar refractivity (Wildman–Crippen MR) is 108 cm³/mol. The number of benzene rings is 3. The van der Waals surface area contributed by atoms with Gasteiger partial charge in [0, 0.05) is 23.0 Å². The molecule has 7 heteroatoms. The fraction of sp³-hybridized carbons (Fsp3) is 0. The van der Waals surface area contributed by atoms with Gasteiger partial charge in [-0.15, -0.1) is 0 Å². The van der Waals surface area contributed by atoms with Crippen molar-refractivity contribution in [1.29, 1.82) is 0 Å². The van der Waals surface area contributed by atoms with Crippen molar-refractivity contribution in [2.75, 3.05) is 11.5 Å². The van der Waals surface area contributed by atoms with Crippen molar-refractivity contribution in [2.45, 2.75) is 0 Å². The summed E-state index contributed by atoms with van der Waals surface area (Å²) in [6.45, 7) is 0. The van der Waals surface area contributed by atoms with E-state index in [-0.39, 0.29) is 27.9 Å². The van der Waals surface area contributed by atoms with E-state index in [0.29, 0.717) is 28.3 Å². The number of esters is 1. The lowest BCUT2D eigenvalue weighted by Gasteiger charge is -2.08. The molecule has 0 aliphatic rings. The third-order valence-electron chi connectivity index (χ3n) is 4.25. The molecular formula is C22H15FN2O4. The minimum absolute atomic E-state index is 0.172. The first-order valence-corrected chi connectivity index (χ1v) is 8.61. The number of nitrogen functional groups attached to an aromatic ring is 2. The number of rotatable bonds is 3. The number of carbonyl (C=O) groups excluding carboxylic acids is 1. The Hall–Kier alpha value is -4.13. The lowest BCUT2D eigenvalue weighted by molar-refractivity contribution is 0.0735. The average molecular weight is 390 g/mol. The zero-order valence-electron chi connectivity index (χ0n) is 15.0. The second-order valence-electron chi connectivity index (χ2n) is 6.42. The van der Waals surface area contributed by atoms with Crippen molar-refractivity contribution >= 4 is 28.3 Å². The third-order valence-corrected chi connectivity index (χ3v) is 4.25. The lowest BCUT2D eigenvalue weighted by Crippen LogP contribution is -2.10. The second kappa shape index (κ2) is 7.12. The Morgan fingerprint density at radius 3 is 2.28 bits per heavy atom. The van der Waals surface area contributed by atoms with Gasteiger partial charge in [0.05, 0.1) is 10.9 Å². The van der Waals surface area contributed by atoms with Gasteiger partial charge in [-0.25, -0.2) is 9.18 Å². The molecule has 29 heavy (non-hydrogen) atoms. The van der Waals surface area contributed by atoms with Crippen LogP contribution in [0.15, 0.2) is 75.9 Å². The number of anilines is 2. The van der Waals surface area contributed by atoms with Gasteiger partial charge < -0.3 is 20.6 Å². The molecule has 3 aromatic carbocycles. The molecule has 0 unspecified atom stereocenters.